The predicted octanol–water partition coefficient (Wildman–Crippen LogP) is 4.20. The van der Waals surface area contributed by atoms with Crippen molar-refractivity contribution in [3.05, 3.63) is 43.8 Å². The minimum absolute atomic E-state index is 0.250. The summed E-state index contributed by atoms with van der Waals surface area (Å²) in [6.07, 6.45) is 4.65. The van der Waals surface area contributed by atoms with Crippen molar-refractivity contribution in [3.8, 4) is 0 Å². The van der Waals surface area contributed by atoms with Crippen molar-refractivity contribution in [3.63, 3.8) is 0 Å². The fourth-order valence-corrected chi connectivity index (χ4v) is 4.49. The minimum atomic E-state index is 0.250. The average molecular weight is 339 g/mol. The first-order chi connectivity index (χ1) is 9.15. The topological polar surface area (TPSA) is 30.9 Å². The molecule has 0 amide bonds. The van der Waals surface area contributed by atoms with Gasteiger partial charge in [0.2, 0.25) is 0 Å². The first kappa shape index (κ1) is 13.4. The molecule has 2 N–H and O–H groups in total. The van der Waals surface area contributed by atoms with Crippen molar-refractivity contribution in [1.29, 1.82) is 0 Å². The van der Waals surface area contributed by atoms with Gasteiger partial charge >= 0.3 is 0 Å². The summed E-state index contributed by atoms with van der Waals surface area (Å²) in [7, 11) is 0. The normalized spacial score (nSPS) is 18.6. The lowest BCUT2D eigenvalue weighted by atomic mass is 9.93. The van der Waals surface area contributed by atoms with Gasteiger partial charge in [0.25, 0.3) is 0 Å². The molecular formula is C15H19BrN2S. The summed E-state index contributed by atoms with van der Waals surface area (Å²) >= 11 is 5.36. The SMILES string of the molecule is Cc1cc2c(n1CCc1ccc(Br)s1)CCCC2N. The molecule has 0 spiro atoms. The van der Waals surface area contributed by atoms with Gasteiger partial charge in [0, 0.05) is 28.9 Å². The first-order valence-corrected chi connectivity index (χ1v) is 8.45. The Labute approximate surface area is 126 Å². The summed E-state index contributed by atoms with van der Waals surface area (Å²) in [5.41, 5.74) is 10.4. The Hall–Kier alpha value is -0.580. The number of hydrogen-bond acceptors (Lipinski definition) is 2. The largest absolute Gasteiger partial charge is 0.348 e. The van der Waals surface area contributed by atoms with E-state index < -0.39 is 0 Å². The lowest BCUT2D eigenvalue weighted by Crippen LogP contribution is -2.18. The second kappa shape index (κ2) is 5.43. The van der Waals surface area contributed by atoms with Gasteiger partial charge in [-0.15, -0.1) is 11.3 Å². The van der Waals surface area contributed by atoms with Crippen LogP contribution in [0.15, 0.2) is 22.0 Å². The highest BCUT2D eigenvalue weighted by Crippen LogP contribution is 2.31. The molecule has 2 aromatic heterocycles. The predicted molar refractivity (Wildman–Crippen MR) is 84.8 cm³/mol. The Balaban J connectivity index is 1.81. The molecule has 1 aliphatic carbocycles. The molecule has 0 radical (unpaired) electrons. The zero-order chi connectivity index (χ0) is 13.4. The van der Waals surface area contributed by atoms with Crippen molar-refractivity contribution >= 4 is 27.3 Å². The molecule has 1 aliphatic rings. The number of thiophene rings is 1. The fraction of sp³-hybridized carbons (Fsp3) is 0.467. The number of nitrogens with zero attached hydrogens (tertiary/aromatic N) is 1. The third-order valence-corrected chi connectivity index (χ3v) is 5.67. The maximum absolute atomic E-state index is 6.22. The van der Waals surface area contributed by atoms with Gasteiger partial charge in [-0.3, -0.25) is 0 Å². The molecule has 0 fully saturated rings. The van der Waals surface area contributed by atoms with Gasteiger partial charge in [-0.05, 0) is 72.3 Å². The smallest absolute Gasteiger partial charge is 0.0701 e. The summed E-state index contributed by atoms with van der Waals surface area (Å²) in [5.74, 6) is 0. The zero-order valence-electron chi connectivity index (χ0n) is 11.2. The van der Waals surface area contributed by atoms with E-state index in [-0.39, 0.29) is 6.04 Å². The van der Waals surface area contributed by atoms with Crippen LogP contribution >= 0.6 is 27.3 Å². The van der Waals surface area contributed by atoms with Gasteiger partial charge in [-0.2, -0.15) is 0 Å². The summed E-state index contributed by atoms with van der Waals surface area (Å²) in [6.45, 7) is 3.27. The molecule has 102 valence electrons. The summed E-state index contributed by atoms with van der Waals surface area (Å²) in [4.78, 5) is 1.44. The van der Waals surface area contributed by atoms with Crippen LogP contribution in [-0.2, 0) is 19.4 Å². The van der Waals surface area contributed by atoms with Crippen LogP contribution < -0.4 is 5.73 Å². The van der Waals surface area contributed by atoms with Crippen molar-refractivity contribution < 1.29 is 0 Å². The van der Waals surface area contributed by atoms with E-state index in [0.29, 0.717) is 0 Å². The van der Waals surface area contributed by atoms with E-state index in [9.17, 15) is 0 Å². The van der Waals surface area contributed by atoms with Crippen molar-refractivity contribution in [1.82, 2.24) is 4.57 Å². The van der Waals surface area contributed by atoms with E-state index in [2.05, 4.69) is 45.6 Å². The van der Waals surface area contributed by atoms with Crippen LogP contribution in [0.2, 0.25) is 0 Å². The fourth-order valence-electron chi connectivity index (χ4n) is 3.02. The molecule has 1 atom stereocenters. The Morgan fingerprint density at radius 3 is 3.05 bits per heavy atom. The van der Waals surface area contributed by atoms with Gasteiger partial charge in [0.15, 0.2) is 0 Å². The van der Waals surface area contributed by atoms with E-state index in [0.717, 1.165) is 19.4 Å². The second-order valence-electron chi connectivity index (χ2n) is 5.29. The summed E-state index contributed by atoms with van der Waals surface area (Å²) in [5, 5.41) is 0. The molecule has 0 bridgehead atoms. The maximum atomic E-state index is 6.22. The van der Waals surface area contributed by atoms with Crippen LogP contribution in [0.25, 0.3) is 0 Å². The highest BCUT2D eigenvalue weighted by Gasteiger charge is 2.21. The Morgan fingerprint density at radius 2 is 2.32 bits per heavy atom. The number of aromatic nitrogens is 1. The number of fused-ring (bicyclic) bond motifs is 1. The lowest BCUT2D eigenvalue weighted by Gasteiger charge is -2.21. The summed E-state index contributed by atoms with van der Waals surface area (Å²) in [6, 6.07) is 6.89. The van der Waals surface area contributed by atoms with Gasteiger partial charge in [-0.1, -0.05) is 0 Å². The van der Waals surface area contributed by atoms with Crippen LogP contribution in [0.5, 0.6) is 0 Å². The highest BCUT2D eigenvalue weighted by molar-refractivity contribution is 9.11. The van der Waals surface area contributed by atoms with E-state index in [1.807, 2.05) is 11.3 Å². The lowest BCUT2D eigenvalue weighted by molar-refractivity contribution is 0.537. The third kappa shape index (κ3) is 2.67. The second-order valence-corrected chi connectivity index (χ2v) is 7.84. The van der Waals surface area contributed by atoms with Gasteiger partial charge < -0.3 is 10.3 Å². The number of hydrogen-bond donors (Lipinski definition) is 1. The molecule has 1 unspecified atom stereocenters. The molecule has 4 heteroatoms. The maximum Gasteiger partial charge on any atom is 0.0701 e. The van der Waals surface area contributed by atoms with Gasteiger partial charge in [0.05, 0.1) is 3.79 Å². The molecule has 2 aromatic rings. The standard InChI is InChI=1S/C15H19BrN2S/c1-10-9-12-13(17)3-2-4-14(12)18(10)8-7-11-5-6-15(16)19-11/h5-6,9,13H,2-4,7-8,17H2,1H3. The Kier molecular flexibility index (Phi) is 3.83. The molecule has 19 heavy (non-hydrogen) atoms. The van der Waals surface area contributed by atoms with E-state index in [1.165, 1.54) is 38.5 Å². The Morgan fingerprint density at radius 1 is 1.47 bits per heavy atom. The molecule has 3 rings (SSSR count). The number of nitrogens with two attached hydrogens (primary N) is 1. The summed E-state index contributed by atoms with van der Waals surface area (Å²) < 4.78 is 3.69. The van der Waals surface area contributed by atoms with Crippen LogP contribution in [0, 0.1) is 6.92 Å². The van der Waals surface area contributed by atoms with E-state index in [1.54, 1.807) is 0 Å². The number of aryl methyl sites for hydroxylation is 2. The van der Waals surface area contributed by atoms with E-state index >= 15 is 0 Å². The molecular weight excluding hydrogens is 320 g/mol. The molecule has 2 heterocycles. The number of halogens is 1. The average Bonchev–Trinajstić information content (AvgIpc) is 2.92. The van der Waals surface area contributed by atoms with Crippen LogP contribution in [0.1, 0.15) is 40.7 Å². The van der Waals surface area contributed by atoms with Crippen LogP contribution in [0.3, 0.4) is 0 Å². The molecule has 2 nitrogen and oxygen atoms in total. The molecule has 0 aliphatic heterocycles. The Bertz CT molecular complexity index is 585. The van der Waals surface area contributed by atoms with E-state index in [4.69, 9.17) is 5.73 Å². The third-order valence-electron chi connectivity index (χ3n) is 3.99. The van der Waals surface area contributed by atoms with Crippen molar-refractivity contribution in [2.24, 2.45) is 5.73 Å². The van der Waals surface area contributed by atoms with Crippen molar-refractivity contribution in [2.45, 2.75) is 45.2 Å². The quantitative estimate of drug-likeness (QED) is 0.893. The van der Waals surface area contributed by atoms with Gasteiger partial charge in [0.1, 0.15) is 0 Å². The minimum Gasteiger partial charge on any atom is -0.348 e. The zero-order valence-corrected chi connectivity index (χ0v) is 13.6. The van der Waals surface area contributed by atoms with Crippen LogP contribution in [-0.4, -0.2) is 4.57 Å². The highest BCUT2D eigenvalue weighted by atomic mass is 79.9. The van der Waals surface area contributed by atoms with Crippen molar-refractivity contribution in [2.75, 3.05) is 0 Å². The molecule has 0 aromatic carbocycles. The van der Waals surface area contributed by atoms with Gasteiger partial charge in [-0.25, -0.2) is 0 Å². The monoisotopic (exact) mass is 338 g/mol. The molecule has 0 saturated carbocycles. The van der Waals surface area contributed by atoms with Crippen LogP contribution in [0.4, 0.5) is 0 Å². The number of rotatable bonds is 3. The molecule has 0 saturated heterocycles. The first-order valence-electron chi connectivity index (χ1n) is 6.84.